The van der Waals surface area contributed by atoms with Crippen LogP contribution < -0.4 is 11.2 Å². The van der Waals surface area contributed by atoms with E-state index < -0.39 is 5.69 Å². The number of aromatic amines is 1. The molecular weight excluding hydrogens is 312 g/mol. The summed E-state index contributed by atoms with van der Waals surface area (Å²) in [5, 5.41) is 0.616. The van der Waals surface area contributed by atoms with Crippen LogP contribution in [0.15, 0.2) is 39.9 Å². The Morgan fingerprint density at radius 1 is 1.22 bits per heavy atom. The van der Waals surface area contributed by atoms with Gasteiger partial charge in [0.25, 0.3) is 5.56 Å². The van der Waals surface area contributed by atoms with Crippen LogP contribution in [0.5, 0.6) is 0 Å². The lowest BCUT2D eigenvalue weighted by Gasteiger charge is -2.29. The monoisotopic (exact) mass is 328 g/mol. The highest BCUT2D eigenvalue weighted by Crippen LogP contribution is 2.36. The molecule has 0 saturated carbocycles. The highest BCUT2D eigenvalue weighted by atomic mass is 32.1. The Labute approximate surface area is 136 Å². The molecule has 6 heteroatoms. The smallest absolute Gasteiger partial charge is 0.334 e. The SMILES string of the molecule is CC1(C)Cc2c(sc3[nH]c(=O)n(-c4ccccc4)c(=O)c23)CO1. The number of benzene rings is 1. The Kier molecular flexibility index (Phi) is 3.08. The lowest BCUT2D eigenvalue weighted by Crippen LogP contribution is -2.35. The molecule has 3 heterocycles. The first kappa shape index (κ1) is 14.4. The van der Waals surface area contributed by atoms with Crippen molar-refractivity contribution in [2.45, 2.75) is 32.5 Å². The molecule has 1 N–H and O–H groups in total. The van der Waals surface area contributed by atoms with E-state index in [1.165, 1.54) is 15.9 Å². The molecule has 23 heavy (non-hydrogen) atoms. The zero-order valence-electron chi connectivity index (χ0n) is 12.9. The summed E-state index contributed by atoms with van der Waals surface area (Å²) < 4.78 is 7.02. The van der Waals surface area contributed by atoms with Gasteiger partial charge in [-0.05, 0) is 31.5 Å². The van der Waals surface area contributed by atoms with Crippen molar-refractivity contribution in [3.8, 4) is 5.69 Å². The van der Waals surface area contributed by atoms with Crippen LogP contribution >= 0.6 is 11.3 Å². The summed E-state index contributed by atoms with van der Waals surface area (Å²) in [4.78, 5) is 29.9. The quantitative estimate of drug-likeness (QED) is 0.747. The Bertz CT molecular complexity index is 1010. The number of hydrogen-bond donors (Lipinski definition) is 1. The normalized spacial score (nSPS) is 16.4. The highest BCUT2D eigenvalue weighted by molar-refractivity contribution is 7.18. The van der Waals surface area contributed by atoms with Gasteiger partial charge in [-0.1, -0.05) is 18.2 Å². The summed E-state index contributed by atoms with van der Waals surface area (Å²) in [6.45, 7) is 4.51. The topological polar surface area (TPSA) is 64.1 Å². The number of rotatable bonds is 1. The number of thiophene rings is 1. The molecule has 0 saturated heterocycles. The van der Waals surface area contributed by atoms with Crippen molar-refractivity contribution in [2.24, 2.45) is 0 Å². The van der Waals surface area contributed by atoms with Gasteiger partial charge >= 0.3 is 5.69 Å². The minimum Gasteiger partial charge on any atom is -0.370 e. The average Bonchev–Trinajstić information content (AvgIpc) is 2.84. The predicted molar refractivity (Wildman–Crippen MR) is 90.6 cm³/mol. The van der Waals surface area contributed by atoms with Crippen molar-refractivity contribution in [1.82, 2.24) is 9.55 Å². The third-order valence-corrected chi connectivity index (χ3v) is 5.26. The van der Waals surface area contributed by atoms with Crippen LogP contribution in [-0.4, -0.2) is 15.2 Å². The summed E-state index contributed by atoms with van der Waals surface area (Å²) in [5.41, 5.74) is 0.609. The maximum Gasteiger partial charge on any atom is 0.334 e. The Balaban J connectivity index is 2.05. The number of ether oxygens (including phenoxy) is 1. The van der Waals surface area contributed by atoms with Crippen LogP contribution in [0.25, 0.3) is 15.9 Å². The molecular formula is C17H16N2O3S. The van der Waals surface area contributed by atoms with E-state index in [4.69, 9.17) is 4.74 Å². The molecule has 3 aromatic rings. The third kappa shape index (κ3) is 2.26. The van der Waals surface area contributed by atoms with Crippen LogP contribution in [0.3, 0.4) is 0 Å². The molecule has 0 fully saturated rings. The molecule has 0 radical (unpaired) electrons. The average molecular weight is 328 g/mol. The fourth-order valence-electron chi connectivity index (χ4n) is 3.04. The second-order valence-corrected chi connectivity index (χ2v) is 7.44. The Morgan fingerprint density at radius 2 is 1.96 bits per heavy atom. The number of hydrogen-bond acceptors (Lipinski definition) is 4. The second-order valence-electron chi connectivity index (χ2n) is 6.34. The lowest BCUT2D eigenvalue weighted by atomic mass is 9.94. The maximum absolute atomic E-state index is 13.0. The zero-order chi connectivity index (χ0) is 16.2. The van der Waals surface area contributed by atoms with Crippen molar-refractivity contribution in [1.29, 1.82) is 0 Å². The van der Waals surface area contributed by atoms with Crippen molar-refractivity contribution in [2.75, 3.05) is 0 Å². The van der Waals surface area contributed by atoms with Crippen molar-refractivity contribution in [3.05, 3.63) is 61.6 Å². The van der Waals surface area contributed by atoms with Gasteiger partial charge in [-0.3, -0.25) is 9.78 Å². The van der Waals surface area contributed by atoms with Gasteiger partial charge in [-0.25, -0.2) is 9.36 Å². The van der Waals surface area contributed by atoms with Crippen molar-refractivity contribution in [3.63, 3.8) is 0 Å². The van der Waals surface area contributed by atoms with Crippen LogP contribution in [0.1, 0.15) is 24.3 Å². The van der Waals surface area contributed by atoms with Crippen LogP contribution in [0, 0.1) is 0 Å². The van der Waals surface area contributed by atoms with Gasteiger partial charge in [0.1, 0.15) is 4.83 Å². The number of nitrogens with one attached hydrogen (secondary N) is 1. The van der Waals surface area contributed by atoms with E-state index in [1.807, 2.05) is 32.0 Å². The Morgan fingerprint density at radius 3 is 2.70 bits per heavy atom. The molecule has 0 aliphatic carbocycles. The molecule has 1 aliphatic rings. The van der Waals surface area contributed by atoms with E-state index in [9.17, 15) is 9.59 Å². The first-order chi connectivity index (χ1) is 11.0. The van der Waals surface area contributed by atoms with Gasteiger partial charge in [0.15, 0.2) is 0 Å². The van der Waals surface area contributed by atoms with E-state index >= 15 is 0 Å². The first-order valence-corrected chi connectivity index (χ1v) is 8.27. The van der Waals surface area contributed by atoms with E-state index in [0.717, 1.165) is 10.4 Å². The third-order valence-electron chi connectivity index (χ3n) is 4.14. The standard InChI is InChI=1S/C17H16N2O3S/c1-17(2)8-11-12(9-22-17)23-14-13(11)15(20)19(16(21)18-14)10-6-4-3-5-7-10/h3-7H,8-9H2,1-2H3,(H,18,21). The Hall–Kier alpha value is -2.18. The number of nitrogens with zero attached hydrogens (tertiary/aromatic N) is 1. The molecule has 0 amide bonds. The molecule has 0 bridgehead atoms. The molecule has 5 nitrogen and oxygen atoms in total. The molecule has 0 spiro atoms. The fourth-order valence-corrected chi connectivity index (χ4v) is 4.15. The van der Waals surface area contributed by atoms with Gasteiger partial charge in [-0.2, -0.15) is 0 Å². The van der Waals surface area contributed by atoms with Crippen LogP contribution in [-0.2, 0) is 17.8 Å². The molecule has 118 valence electrons. The molecule has 1 aliphatic heterocycles. The van der Waals surface area contributed by atoms with Gasteiger partial charge in [0, 0.05) is 11.3 Å². The summed E-state index contributed by atoms with van der Waals surface area (Å²) >= 11 is 1.44. The second kappa shape index (κ2) is 4.91. The van der Waals surface area contributed by atoms with Crippen molar-refractivity contribution < 1.29 is 4.74 Å². The van der Waals surface area contributed by atoms with E-state index in [1.54, 1.807) is 12.1 Å². The van der Waals surface area contributed by atoms with Crippen molar-refractivity contribution >= 4 is 21.6 Å². The predicted octanol–water partition coefficient (Wildman–Crippen LogP) is 2.59. The van der Waals surface area contributed by atoms with E-state index in [0.29, 0.717) is 28.9 Å². The number of para-hydroxylation sites is 1. The highest BCUT2D eigenvalue weighted by Gasteiger charge is 2.31. The largest absolute Gasteiger partial charge is 0.370 e. The summed E-state index contributed by atoms with van der Waals surface area (Å²) in [5.74, 6) is 0. The number of H-pyrrole nitrogens is 1. The molecule has 2 aromatic heterocycles. The van der Waals surface area contributed by atoms with Gasteiger partial charge in [0.2, 0.25) is 0 Å². The van der Waals surface area contributed by atoms with Gasteiger partial charge < -0.3 is 4.74 Å². The molecule has 4 rings (SSSR count). The fraction of sp³-hybridized carbons (Fsp3) is 0.294. The first-order valence-electron chi connectivity index (χ1n) is 7.45. The minimum atomic E-state index is -0.410. The zero-order valence-corrected chi connectivity index (χ0v) is 13.7. The number of aromatic nitrogens is 2. The molecule has 0 unspecified atom stereocenters. The minimum absolute atomic E-state index is 0.259. The lowest BCUT2D eigenvalue weighted by molar-refractivity contribution is -0.0379. The van der Waals surface area contributed by atoms with Gasteiger partial charge in [0.05, 0.1) is 23.3 Å². The van der Waals surface area contributed by atoms with Crippen LogP contribution in [0.2, 0.25) is 0 Å². The summed E-state index contributed by atoms with van der Waals surface area (Å²) in [7, 11) is 0. The molecule has 0 atom stereocenters. The molecule has 1 aromatic carbocycles. The van der Waals surface area contributed by atoms with Crippen LogP contribution in [0.4, 0.5) is 0 Å². The maximum atomic E-state index is 13.0. The van der Waals surface area contributed by atoms with Gasteiger partial charge in [-0.15, -0.1) is 11.3 Å². The van der Waals surface area contributed by atoms with E-state index in [2.05, 4.69) is 4.98 Å². The van der Waals surface area contributed by atoms with E-state index in [-0.39, 0.29) is 11.2 Å². The summed E-state index contributed by atoms with van der Waals surface area (Å²) in [6, 6.07) is 8.99. The number of fused-ring (bicyclic) bond motifs is 3. The summed E-state index contributed by atoms with van der Waals surface area (Å²) in [6.07, 6.45) is 0.665.